The molecule has 9 nitrogen and oxygen atoms in total. The van der Waals surface area contributed by atoms with Gasteiger partial charge in [0.25, 0.3) is 5.91 Å². The summed E-state index contributed by atoms with van der Waals surface area (Å²) >= 11 is 0. The molecule has 4 heterocycles. The summed E-state index contributed by atoms with van der Waals surface area (Å²) in [5, 5.41) is 3.83. The first-order valence-electron chi connectivity index (χ1n) is 14.1. The van der Waals surface area contributed by atoms with Crippen molar-refractivity contribution in [3.05, 3.63) is 84.4 Å². The van der Waals surface area contributed by atoms with Gasteiger partial charge in [-0.1, -0.05) is 17.7 Å². The van der Waals surface area contributed by atoms with E-state index in [0.29, 0.717) is 31.5 Å². The number of carbonyl (C=O) groups excluding carboxylic acids is 1. The van der Waals surface area contributed by atoms with Crippen LogP contribution in [0, 0.1) is 6.92 Å². The van der Waals surface area contributed by atoms with Crippen molar-refractivity contribution in [3.63, 3.8) is 0 Å². The van der Waals surface area contributed by atoms with Crippen molar-refractivity contribution in [2.75, 3.05) is 31.1 Å². The number of amides is 1. The predicted octanol–water partition coefficient (Wildman–Crippen LogP) is 4.77. The highest BCUT2D eigenvalue weighted by Crippen LogP contribution is 2.28. The Morgan fingerprint density at radius 3 is 2.44 bits per heavy atom. The van der Waals surface area contributed by atoms with Crippen molar-refractivity contribution in [1.29, 1.82) is 0 Å². The van der Waals surface area contributed by atoms with Crippen LogP contribution in [0.4, 0.5) is 5.69 Å². The molecule has 0 aliphatic carbocycles. The molecule has 2 aliphatic heterocycles. The zero-order chi connectivity index (χ0) is 28.4. The number of aromatic nitrogens is 1. The molecule has 0 unspecified atom stereocenters. The van der Waals surface area contributed by atoms with Crippen molar-refractivity contribution in [3.8, 4) is 5.75 Å². The molecule has 6 rings (SSSR count). The summed E-state index contributed by atoms with van der Waals surface area (Å²) < 4.78 is 39.3. The van der Waals surface area contributed by atoms with Gasteiger partial charge in [0.1, 0.15) is 22.3 Å². The Morgan fingerprint density at radius 2 is 1.73 bits per heavy atom. The van der Waals surface area contributed by atoms with Crippen LogP contribution < -0.4 is 15.0 Å². The highest BCUT2D eigenvalue weighted by atomic mass is 32.2. The topological polar surface area (TPSA) is 105 Å². The third kappa shape index (κ3) is 6.08. The zero-order valence-electron chi connectivity index (χ0n) is 23.0. The van der Waals surface area contributed by atoms with Crippen LogP contribution in [0.1, 0.15) is 41.8 Å². The third-order valence-electron chi connectivity index (χ3n) is 7.92. The van der Waals surface area contributed by atoms with Crippen LogP contribution in [-0.4, -0.2) is 61.9 Å². The van der Waals surface area contributed by atoms with Gasteiger partial charge in [-0.2, -0.15) is 4.31 Å². The molecule has 214 valence electrons. The van der Waals surface area contributed by atoms with Gasteiger partial charge in [0.2, 0.25) is 10.0 Å². The number of benzene rings is 2. The lowest BCUT2D eigenvalue weighted by Gasteiger charge is -2.33. The lowest BCUT2D eigenvalue weighted by atomic mass is 10.1. The first kappa shape index (κ1) is 27.3. The summed E-state index contributed by atoms with van der Waals surface area (Å²) in [7, 11) is -3.59. The molecular formula is C31H34N4O5S. The molecular weight excluding hydrogens is 540 g/mol. The fourth-order valence-corrected chi connectivity index (χ4v) is 6.96. The number of aryl methyl sites for hydroxylation is 1. The standard InChI is InChI=1S/C31H34N4O5S/c1-22-4-7-25(8-5-22)34-15-12-26(13-16-34)39-27-9-6-23-19-30(40-29(23)20-27)31(36)33-24-10-17-35(18-11-24)41(37,38)28-3-2-14-32-21-28/h2-9,14,19-21,24,26H,10-13,15-18H2,1H3,(H,33,36). The first-order valence-corrected chi connectivity index (χ1v) is 15.5. The summed E-state index contributed by atoms with van der Waals surface area (Å²) in [6.45, 7) is 4.63. The SMILES string of the molecule is Cc1ccc(N2CCC(Oc3ccc4cc(C(=O)NC5CCN(S(=O)(=O)c6cccnc6)CC5)oc4c3)CC2)cc1. The van der Waals surface area contributed by atoms with Crippen molar-refractivity contribution >= 4 is 32.6 Å². The maximum Gasteiger partial charge on any atom is 0.287 e. The van der Waals surface area contributed by atoms with Crippen LogP contribution in [-0.2, 0) is 10.0 Å². The van der Waals surface area contributed by atoms with Crippen LogP contribution in [0.15, 0.2) is 82.4 Å². The number of rotatable bonds is 7. The largest absolute Gasteiger partial charge is 0.490 e. The number of furan rings is 1. The van der Waals surface area contributed by atoms with E-state index in [9.17, 15) is 13.2 Å². The molecule has 2 aromatic carbocycles. The third-order valence-corrected chi connectivity index (χ3v) is 9.80. The van der Waals surface area contributed by atoms with Crippen LogP contribution in [0.3, 0.4) is 0 Å². The molecule has 4 aromatic rings. The molecule has 1 amide bonds. The summed E-state index contributed by atoms with van der Waals surface area (Å²) in [4.78, 5) is 19.5. The van der Waals surface area contributed by atoms with Crippen LogP contribution >= 0.6 is 0 Å². The molecule has 2 saturated heterocycles. The van der Waals surface area contributed by atoms with Gasteiger partial charge in [-0.25, -0.2) is 8.42 Å². The van der Waals surface area contributed by atoms with Gasteiger partial charge in [-0.05, 0) is 62.2 Å². The van der Waals surface area contributed by atoms with Crippen molar-refractivity contribution in [2.45, 2.75) is 49.6 Å². The monoisotopic (exact) mass is 574 g/mol. The minimum absolute atomic E-state index is 0.125. The normalized spacial score (nSPS) is 17.5. The van der Waals surface area contributed by atoms with Gasteiger partial charge >= 0.3 is 0 Å². The van der Waals surface area contributed by atoms with Gasteiger partial charge in [-0.15, -0.1) is 0 Å². The lowest BCUT2D eigenvalue weighted by molar-refractivity contribution is 0.0897. The van der Waals surface area contributed by atoms with E-state index in [1.54, 1.807) is 24.4 Å². The number of fused-ring (bicyclic) bond motifs is 1. The predicted molar refractivity (Wildman–Crippen MR) is 157 cm³/mol. The number of carbonyl (C=O) groups is 1. The fraction of sp³-hybridized carbons (Fsp3) is 0.355. The van der Waals surface area contributed by atoms with Gasteiger partial charge in [0.15, 0.2) is 5.76 Å². The molecule has 0 bridgehead atoms. The number of hydrogen-bond donors (Lipinski definition) is 1. The summed E-state index contributed by atoms with van der Waals surface area (Å²) in [5.74, 6) is 0.657. The number of ether oxygens (including phenoxy) is 1. The number of piperidine rings is 2. The maximum atomic E-state index is 13.0. The average molecular weight is 575 g/mol. The summed E-state index contributed by atoms with van der Waals surface area (Å²) in [6, 6.07) is 19.1. The Bertz CT molecular complexity index is 1610. The Hall–Kier alpha value is -3.89. The number of anilines is 1. The molecule has 0 saturated carbocycles. The number of hydrogen-bond acceptors (Lipinski definition) is 7. The van der Waals surface area contributed by atoms with Crippen molar-refractivity contribution < 1.29 is 22.4 Å². The Morgan fingerprint density at radius 1 is 0.976 bits per heavy atom. The van der Waals surface area contributed by atoms with Gasteiger partial charge < -0.3 is 19.4 Å². The van der Waals surface area contributed by atoms with Gasteiger partial charge in [-0.3, -0.25) is 9.78 Å². The van der Waals surface area contributed by atoms with Gasteiger partial charge in [0, 0.05) is 74.6 Å². The summed E-state index contributed by atoms with van der Waals surface area (Å²) in [5.41, 5.74) is 3.11. The van der Waals surface area contributed by atoms with Crippen molar-refractivity contribution in [2.24, 2.45) is 0 Å². The van der Waals surface area contributed by atoms with Crippen LogP contribution in [0.5, 0.6) is 5.75 Å². The van der Waals surface area contributed by atoms with Crippen LogP contribution in [0.25, 0.3) is 11.0 Å². The average Bonchev–Trinajstić information content (AvgIpc) is 3.43. The molecule has 0 atom stereocenters. The molecule has 1 N–H and O–H groups in total. The Labute approximate surface area is 240 Å². The second kappa shape index (κ2) is 11.5. The number of pyridine rings is 1. The quantitative estimate of drug-likeness (QED) is 0.339. The van der Waals surface area contributed by atoms with E-state index in [1.165, 1.54) is 21.8 Å². The molecule has 0 spiro atoms. The summed E-state index contributed by atoms with van der Waals surface area (Å²) in [6.07, 6.45) is 5.93. The molecule has 2 fully saturated rings. The van der Waals surface area contributed by atoms with E-state index in [1.807, 2.05) is 18.2 Å². The Kier molecular flexibility index (Phi) is 7.68. The van der Waals surface area contributed by atoms with Gasteiger partial charge in [0.05, 0.1) is 0 Å². The van der Waals surface area contributed by atoms with Crippen molar-refractivity contribution in [1.82, 2.24) is 14.6 Å². The Balaban J connectivity index is 1.02. The first-order chi connectivity index (χ1) is 19.8. The number of nitrogens with zero attached hydrogens (tertiary/aromatic N) is 3. The van der Waals surface area contributed by atoms with E-state index in [4.69, 9.17) is 9.15 Å². The molecule has 41 heavy (non-hydrogen) atoms. The highest BCUT2D eigenvalue weighted by molar-refractivity contribution is 7.89. The second-order valence-corrected chi connectivity index (χ2v) is 12.7. The molecule has 2 aromatic heterocycles. The van der Waals surface area contributed by atoms with E-state index in [2.05, 4.69) is 46.4 Å². The van der Waals surface area contributed by atoms with E-state index in [0.717, 1.165) is 37.1 Å². The molecule has 0 radical (unpaired) electrons. The van der Waals surface area contributed by atoms with E-state index < -0.39 is 10.0 Å². The minimum Gasteiger partial charge on any atom is -0.490 e. The number of nitrogens with one attached hydrogen (secondary N) is 1. The number of sulfonamides is 1. The lowest BCUT2D eigenvalue weighted by Crippen LogP contribution is -2.46. The van der Waals surface area contributed by atoms with E-state index >= 15 is 0 Å². The van der Waals surface area contributed by atoms with Crippen LogP contribution in [0.2, 0.25) is 0 Å². The minimum atomic E-state index is -3.59. The smallest absolute Gasteiger partial charge is 0.287 e. The van der Waals surface area contributed by atoms with E-state index in [-0.39, 0.29) is 28.7 Å². The molecule has 2 aliphatic rings. The highest BCUT2D eigenvalue weighted by Gasteiger charge is 2.30. The molecule has 10 heteroatoms. The fourth-order valence-electron chi connectivity index (χ4n) is 5.52. The maximum absolute atomic E-state index is 13.0. The second-order valence-electron chi connectivity index (χ2n) is 10.8. The zero-order valence-corrected chi connectivity index (χ0v) is 23.8.